The van der Waals surface area contributed by atoms with Crippen molar-refractivity contribution < 1.29 is 4.74 Å². The number of nitrogen functional groups attached to an aromatic ring is 1. The average Bonchev–Trinajstić information content (AvgIpc) is 2.32. The molecule has 0 unspecified atom stereocenters. The second kappa shape index (κ2) is 4.86. The van der Waals surface area contributed by atoms with Crippen molar-refractivity contribution >= 4 is 17.3 Å². The molecule has 0 saturated heterocycles. The SMILES string of the molecule is Nc1ccc(Cl)c(COc2cccnc2)c1. The van der Waals surface area contributed by atoms with Gasteiger partial charge in [-0.05, 0) is 30.3 Å². The maximum Gasteiger partial charge on any atom is 0.138 e. The van der Waals surface area contributed by atoms with Gasteiger partial charge in [0.05, 0.1) is 6.20 Å². The summed E-state index contributed by atoms with van der Waals surface area (Å²) in [7, 11) is 0. The second-order valence-electron chi connectivity index (χ2n) is 3.33. The Labute approximate surface area is 98.8 Å². The van der Waals surface area contributed by atoms with Crippen molar-refractivity contribution in [3.63, 3.8) is 0 Å². The summed E-state index contributed by atoms with van der Waals surface area (Å²) in [5, 5.41) is 0.651. The lowest BCUT2D eigenvalue weighted by atomic mass is 10.2. The Balaban J connectivity index is 2.08. The number of anilines is 1. The predicted molar refractivity (Wildman–Crippen MR) is 64.4 cm³/mol. The van der Waals surface area contributed by atoms with Crippen LogP contribution in [0.3, 0.4) is 0 Å². The zero-order valence-electron chi connectivity index (χ0n) is 8.56. The summed E-state index contributed by atoms with van der Waals surface area (Å²) in [6.45, 7) is 0.384. The van der Waals surface area contributed by atoms with Crippen molar-refractivity contribution in [2.24, 2.45) is 0 Å². The zero-order valence-corrected chi connectivity index (χ0v) is 9.32. The molecule has 0 aliphatic carbocycles. The van der Waals surface area contributed by atoms with E-state index in [1.54, 1.807) is 30.6 Å². The van der Waals surface area contributed by atoms with Crippen LogP contribution in [0.25, 0.3) is 0 Å². The van der Waals surface area contributed by atoms with Crippen molar-refractivity contribution in [2.75, 3.05) is 5.73 Å². The molecule has 0 spiro atoms. The third kappa shape index (κ3) is 2.64. The van der Waals surface area contributed by atoms with Crippen molar-refractivity contribution in [1.82, 2.24) is 4.98 Å². The number of ether oxygens (including phenoxy) is 1. The largest absolute Gasteiger partial charge is 0.487 e. The van der Waals surface area contributed by atoms with Gasteiger partial charge < -0.3 is 10.5 Å². The van der Waals surface area contributed by atoms with E-state index in [1.807, 2.05) is 12.1 Å². The standard InChI is InChI=1S/C12H11ClN2O/c13-12-4-3-10(14)6-9(12)8-16-11-2-1-5-15-7-11/h1-7H,8,14H2. The van der Waals surface area contributed by atoms with Crippen molar-refractivity contribution in [3.8, 4) is 5.75 Å². The topological polar surface area (TPSA) is 48.1 Å². The van der Waals surface area contributed by atoms with Crippen LogP contribution in [0.4, 0.5) is 5.69 Å². The van der Waals surface area contributed by atoms with E-state index in [0.717, 1.165) is 5.56 Å². The van der Waals surface area contributed by atoms with Crippen LogP contribution < -0.4 is 10.5 Å². The molecular weight excluding hydrogens is 224 g/mol. The lowest BCUT2D eigenvalue weighted by Crippen LogP contribution is -1.97. The second-order valence-corrected chi connectivity index (χ2v) is 3.74. The van der Waals surface area contributed by atoms with Gasteiger partial charge in [0.2, 0.25) is 0 Å². The molecule has 0 fully saturated rings. The molecule has 0 aliphatic heterocycles. The number of hydrogen-bond acceptors (Lipinski definition) is 3. The normalized spacial score (nSPS) is 10.1. The maximum atomic E-state index is 6.01. The average molecular weight is 235 g/mol. The zero-order chi connectivity index (χ0) is 11.4. The minimum atomic E-state index is 0.384. The van der Waals surface area contributed by atoms with Crippen LogP contribution in [-0.2, 0) is 6.61 Å². The van der Waals surface area contributed by atoms with Gasteiger partial charge in [-0.1, -0.05) is 11.6 Å². The van der Waals surface area contributed by atoms with Crippen molar-refractivity contribution in [2.45, 2.75) is 6.61 Å². The summed E-state index contributed by atoms with van der Waals surface area (Å²) in [5.74, 6) is 0.709. The Morgan fingerprint density at radius 1 is 1.31 bits per heavy atom. The number of rotatable bonds is 3. The van der Waals surface area contributed by atoms with Gasteiger partial charge in [-0.2, -0.15) is 0 Å². The maximum absolute atomic E-state index is 6.01. The molecule has 0 atom stereocenters. The summed E-state index contributed by atoms with van der Waals surface area (Å²) in [6.07, 6.45) is 3.35. The van der Waals surface area contributed by atoms with Crippen LogP contribution in [0, 0.1) is 0 Å². The Hall–Kier alpha value is -1.74. The molecule has 16 heavy (non-hydrogen) atoms. The van der Waals surface area contributed by atoms with E-state index in [0.29, 0.717) is 23.1 Å². The van der Waals surface area contributed by atoms with E-state index in [-0.39, 0.29) is 0 Å². The Bertz CT molecular complexity index is 474. The molecule has 1 aromatic heterocycles. The molecule has 2 rings (SSSR count). The van der Waals surface area contributed by atoms with E-state index in [4.69, 9.17) is 22.1 Å². The van der Waals surface area contributed by atoms with Gasteiger partial charge >= 0.3 is 0 Å². The summed E-state index contributed by atoms with van der Waals surface area (Å²) in [6, 6.07) is 8.98. The number of aromatic nitrogens is 1. The highest BCUT2D eigenvalue weighted by Crippen LogP contribution is 2.20. The molecule has 0 bridgehead atoms. The van der Waals surface area contributed by atoms with Crippen LogP contribution >= 0.6 is 11.6 Å². The third-order valence-electron chi connectivity index (χ3n) is 2.10. The van der Waals surface area contributed by atoms with Crippen molar-refractivity contribution in [1.29, 1.82) is 0 Å². The highest BCUT2D eigenvalue weighted by molar-refractivity contribution is 6.31. The van der Waals surface area contributed by atoms with Crippen LogP contribution in [0.5, 0.6) is 5.75 Å². The van der Waals surface area contributed by atoms with Crippen LogP contribution in [0.2, 0.25) is 5.02 Å². The molecular formula is C12H11ClN2O. The molecule has 82 valence electrons. The monoisotopic (exact) mass is 234 g/mol. The molecule has 4 heteroatoms. The van der Waals surface area contributed by atoms with Gasteiger partial charge in [-0.25, -0.2) is 0 Å². The quantitative estimate of drug-likeness (QED) is 0.831. The highest BCUT2D eigenvalue weighted by Gasteiger charge is 2.02. The fraction of sp³-hybridized carbons (Fsp3) is 0.0833. The molecule has 3 nitrogen and oxygen atoms in total. The summed E-state index contributed by atoms with van der Waals surface area (Å²) < 4.78 is 5.53. The van der Waals surface area contributed by atoms with E-state index in [2.05, 4.69) is 4.98 Å². The molecule has 1 heterocycles. The minimum absolute atomic E-state index is 0.384. The van der Waals surface area contributed by atoms with Crippen LogP contribution in [0.1, 0.15) is 5.56 Å². The molecule has 0 saturated carbocycles. The Morgan fingerprint density at radius 3 is 2.94 bits per heavy atom. The van der Waals surface area contributed by atoms with Gasteiger partial charge in [-0.3, -0.25) is 4.98 Å². The number of pyridine rings is 1. The van der Waals surface area contributed by atoms with Gasteiger partial charge in [0.15, 0.2) is 0 Å². The number of halogens is 1. The predicted octanol–water partition coefficient (Wildman–Crippen LogP) is 2.90. The van der Waals surface area contributed by atoms with Gasteiger partial charge in [-0.15, -0.1) is 0 Å². The first-order valence-corrected chi connectivity index (χ1v) is 5.20. The fourth-order valence-electron chi connectivity index (χ4n) is 1.30. The first kappa shape index (κ1) is 10.8. The first-order valence-electron chi connectivity index (χ1n) is 4.82. The first-order chi connectivity index (χ1) is 7.75. The van der Waals surface area contributed by atoms with E-state index in [9.17, 15) is 0 Å². The fourth-order valence-corrected chi connectivity index (χ4v) is 1.47. The van der Waals surface area contributed by atoms with Gasteiger partial charge in [0.1, 0.15) is 12.4 Å². The lowest BCUT2D eigenvalue weighted by molar-refractivity contribution is 0.305. The number of nitrogens with zero attached hydrogens (tertiary/aromatic N) is 1. The third-order valence-corrected chi connectivity index (χ3v) is 2.47. The smallest absolute Gasteiger partial charge is 0.138 e. The summed E-state index contributed by atoms with van der Waals surface area (Å²) in [4.78, 5) is 3.95. The van der Waals surface area contributed by atoms with Gasteiger partial charge in [0, 0.05) is 22.5 Å². The van der Waals surface area contributed by atoms with Crippen molar-refractivity contribution in [3.05, 3.63) is 53.3 Å². The van der Waals surface area contributed by atoms with Crippen LogP contribution in [-0.4, -0.2) is 4.98 Å². The minimum Gasteiger partial charge on any atom is -0.487 e. The molecule has 2 aromatic rings. The Morgan fingerprint density at radius 2 is 2.19 bits per heavy atom. The number of hydrogen-bond donors (Lipinski definition) is 1. The Kier molecular flexibility index (Phi) is 3.27. The molecule has 1 aromatic carbocycles. The van der Waals surface area contributed by atoms with E-state index < -0.39 is 0 Å². The summed E-state index contributed by atoms with van der Waals surface area (Å²) >= 11 is 6.01. The van der Waals surface area contributed by atoms with Gasteiger partial charge in [0.25, 0.3) is 0 Å². The molecule has 0 aliphatic rings. The number of nitrogens with two attached hydrogens (primary N) is 1. The molecule has 0 radical (unpaired) electrons. The summed E-state index contributed by atoms with van der Waals surface area (Å²) in [5.41, 5.74) is 7.21. The highest BCUT2D eigenvalue weighted by atomic mass is 35.5. The van der Waals surface area contributed by atoms with Crippen LogP contribution in [0.15, 0.2) is 42.7 Å². The lowest BCUT2D eigenvalue weighted by Gasteiger charge is -2.07. The molecule has 2 N–H and O–H groups in total. The number of benzene rings is 1. The van der Waals surface area contributed by atoms with E-state index >= 15 is 0 Å². The van der Waals surface area contributed by atoms with E-state index in [1.165, 1.54) is 0 Å². The molecule has 0 amide bonds.